The van der Waals surface area contributed by atoms with Gasteiger partial charge in [-0.2, -0.15) is 0 Å². The maximum Gasteiger partial charge on any atom is 0.142 e. The first-order chi connectivity index (χ1) is 8.81. The topological polar surface area (TPSA) is 45.4 Å². The molecule has 18 heavy (non-hydrogen) atoms. The molecule has 5 heteroatoms. The first-order valence-corrected chi connectivity index (χ1v) is 7.38. The van der Waals surface area contributed by atoms with Crippen molar-refractivity contribution in [2.24, 2.45) is 5.73 Å². The molecule has 1 aromatic heterocycles. The lowest BCUT2D eigenvalue weighted by Crippen LogP contribution is -2.47. The van der Waals surface area contributed by atoms with Crippen LogP contribution in [0.2, 0.25) is 0 Å². The van der Waals surface area contributed by atoms with E-state index in [9.17, 15) is 0 Å². The molecule has 100 valence electrons. The van der Waals surface area contributed by atoms with Crippen molar-refractivity contribution in [3.05, 3.63) is 22.8 Å². The monoisotopic (exact) mass is 312 g/mol. The zero-order valence-electron chi connectivity index (χ0n) is 10.7. The molecule has 0 atom stereocenters. The normalized spacial score (nSPS) is 17.1. The van der Waals surface area contributed by atoms with E-state index in [0.29, 0.717) is 0 Å². The van der Waals surface area contributed by atoms with Gasteiger partial charge in [-0.1, -0.05) is 0 Å². The van der Waals surface area contributed by atoms with E-state index in [1.54, 1.807) is 0 Å². The van der Waals surface area contributed by atoms with Crippen LogP contribution in [-0.4, -0.2) is 49.2 Å². The fourth-order valence-corrected chi connectivity index (χ4v) is 2.78. The number of rotatable bonds is 5. The Morgan fingerprint density at radius 1 is 1.22 bits per heavy atom. The van der Waals surface area contributed by atoms with Crippen LogP contribution in [0.1, 0.15) is 12.8 Å². The molecule has 2 N–H and O–H groups in total. The Labute approximate surface area is 117 Å². The van der Waals surface area contributed by atoms with Crippen LogP contribution in [0.4, 0.5) is 5.82 Å². The highest BCUT2D eigenvalue weighted by atomic mass is 79.9. The van der Waals surface area contributed by atoms with E-state index in [1.165, 1.54) is 13.0 Å². The lowest BCUT2D eigenvalue weighted by molar-refractivity contribution is 0.253. The Bertz CT molecular complexity index is 364. The van der Waals surface area contributed by atoms with Gasteiger partial charge in [0.25, 0.3) is 0 Å². The van der Waals surface area contributed by atoms with Crippen molar-refractivity contribution >= 4 is 21.7 Å². The maximum absolute atomic E-state index is 5.52. The molecule has 2 rings (SSSR count). The molecule has 1 aliphatic rings. The quantitative estimate of drug-likeness (QED) is 0.841. The number of halogens is 1. The second-order valence-corrected chi connectivity index (χ2v) is 5.49. The molecule has 1 saturated heterocycles. The fraction of sp³-hybridized carbons (Fsp3) is 0.615. The van der Waals surface area contributed by atoms with Crippen LogP contribution in [0.15, 0.2) is 22.8 Å². The number of pyridine rings is 1. The third-order valence-corrected chi connectivity index (χ3v) is 3.96. The SMILES string of the molecule is NCCCCN1CCN(c2ncccc2Br)CC1. The van der Waals surface area contributed by atoms with E-state index in [4.69, 9.17) is 5.73 Å². The Kier molecular flexibility index (Phi) is 5.41. The Morgan fingerprint density at radius 2 is 2.00 bits per heavy atom. The molecule has 0 radical (unpaired) electrons. The molecular weight excluding hydrogens is 292 g/mol. The molecule has 0 bridgehead atoms. The molecule has 0 spiro atoms. The molecule has 0 amide bonds. The highest BCUT2D eigenvalue weighted by molar-refractivity contribution is 9.10. The summed E-state index contributed by atoms with van der Waals surface area (Å²) in [6.07, 6.45) is 4.20. The van der Waals surface area contributed by atoms with E-state index < -0.39 is 0 Å². The molecule has 1 aliphatic heterocycles. The van der Waals surface area contributed by atoms with E-state index in [0.717, 1.165) is 49.4 Å². The van der Waals surface area contributed by atoms with Crippen molar-refractivity contribution in [2.75, 3.05) is 44.2 Å². The second-order valence-electron chi connectivity index (χ2n) is 4.63. The zero-order valence-corrected chi connectivity index (χ0v) is 12.3. The number of hydrogen-bond donors (Lipinski definition) is 1. The molecule has 2 heterocycles. The number of hydrogen-bond acceptors (Lipinski definition) is 4. The maximum atomic E-state index is 5.52. The first kappa shape index (κ1) is 13.8. The molecular formula is C13H21BrN4. The molecule has 4 nitrogen and oxygen atoms in total. The third kappa shape index (κ3) is 3.67. The number of nitrogens with two attached hydrogens (primary N) is 1. The summed E-state index contributed by atoms with van der Waals surface area (Å²) in [6.45, 7) is 6.33. The van der Waals surface area contributed by atoms with Gasteiger partial charge < -0.3 is 10.6 Å². The molecule has 0 aliphatic carbocycles. The highest BCUT2D eigenvalue weighted by Crippen LogP contribution is 2.23. The molecule has 1 fully saturated rings. The Balaban J connectivity index is 1.81. The van der Waals surface area contributed by atoms with Crippen LogP contribution in [0, 0.1) is 0 Å². The number of nitrogens with zero attached hydrogens (tertiary/aromatic N) is 3. The van der Waals surface area contributed by atoms with Gasteiger partial charge in [-0.3, -0.25) is 4.90 Å². The number of piperazine rings is 1. The summed E-state index contributed by atoms with van der Waals surface area (Å²) in [5.74, 6) is 1.07. The van der Waals surface area contributed by atoms with Crippen molar-refractivity contribution in [3.63, 3.8) is 0 Å². The van der Waals surface area contributed by atoms with Gasteiger partial charge in [0.05, 0.1) is 4.47 Å². The second kappa shape index (κ2) is 7.07. The summed E-state index contributed by atoms with van der Waals surface area (Å²) in [5.41, 5.74) is 5.52. The Hall–Kier alpha value is -0.650. The fourth-order valence-electron chi connectivity index (χ4n) is 2.27. The first-order valence-electron chi connectivity index (χ1n) is 6.59. The van der Waals surface area contributed by atoms with Crippen LogP contribution in [0.25, 0.3) is 0 Å². The predicted molar refractivity (Wildman–Crippen MR) is 78.9 cm³/mol. The largest absolute Gasteiger partial charge is 0.353 e. The smallest absolute Gasteiger partial charge is 0.142 e. The van der Waals surface area contributed by atoms with Crippen molar-refractivity contribution in [2.45, 2.75) is 12.8 Å². The summed E-state index contributed by atoms with van der Waals surface area (Å²) in [6, 6.07) is 4.01. The van der Waals surface area contributed by atoms with E-state index >= 15 is 0 Å². The summed E-state index contributed by atoms with van der Waals surface area (Å²) in [5, 5.41) is 0. The van der Waals surface area contributed by atoms with Gasteiger partial charge >= 0.3 is 0 Å². The molecule has 0 saturated carbocycles. The Morgan fingerprint density at radius 3 is 2.67 bits per heavy atom. The van der Waals surface area contributed by atoms with E-state index in [1.807, 2.05) is 12.3 Å². The van der Waals surface area contributed by atoms with Crippen LogP contribution in [0.3, 0.4) is 0 Å². The third-order valence-electron chi connectivity index (χ3n) is 3.34. The van der Waals surface area contributed by atoms with Gasteiger partial charge in [0.2, 0.25) is 0 Å². The van der Waals surface area contributed by atoms with Gasteiger partial charge in [0.15, 0.2) is 0 Å². The molecule has 0 aromatic carbocycles. The number of aromatic nitrogens is 1. The van der Waals surface area contributed by atoms with Crippen molar-refractivity contribution in [3.8, 4) is 0 Å². The number of unbranched alkanes of at least 4 members (excludes halogenated alkanes) is 1. The summed E-state index contributed by atoms with van der Waals surface area (Å²) < 4.78 is 1.08. The van der Waals surface area contributed by atoms with Crippen LogP contribution >= 0.6 is 15.9 Å². The van der Waals surface area contributed by atoms with Gasteiger partial charge in [0.1, 0.15) is 5.82 Å². The molecule has 1 aromatic rings. The highest BCUT2D eigenvalue weighted by Gasteiger charge is 2.18. The number of anilines is 1. The van der Waals surface area contributed by atoms with Crippen molar-refractivity contribution in [1.29, 1.82) is 0 Å². The van der Waals surface area contributed by atoms with E-state index in [-0.39, 0.29) is 0 Å². The molecule has 0 unspecified atom stereocenters. The zero-order chi connectivity index (χ0) is 12.8. The summed E-state index contributed by atoms with van der Waals surface area (Å²) in [4.78, 5) is 9.31. The lowest BCUT2D eigenvalue weighted by atomic mass is 10.2. The van der Waals surface area contributed by atoms with Crippen LogP contribution < -0.4 is 10.6 Å². The van der Waals surface area contributed by atoms with Crippen LogP contribution in [-0.2, 0) is 0 Å². The lowest BCUT2D eigenvalue weighted by Gasteiger charge is -2.35. The van der Waals surface area contributed by atoms with Crippen LogP contribution in [0.5, 0.6) is 0 Å². The minimum absolute atomic E-state index is 0.806. The minimum atomic E-state index is 0.806. The van der Waals surface area contributed by atoms with Gasteiger partial charge in [0, 0.05) is 32.4 Å². The summed E-state index contributed by atoms with van der Waals surface area (Å²) in [7, 11) is 0. The average Bonchev–Trinajstić information content (AvgIpc) is 2.41. The minimum Gasteiger partial charge on any atom is -0.353 e. The van der Waals surface area contributed by atoms with Crippen molar-refractivity contribution in [1.82, 2.24) is 9.88 Å². The van der Waals surface area contributed by atoms with Gasteiger partial charge in [-0.05, 0) is 54.0 Å². The predicted octanol–water partition coefficient (Wildman–Crippen LogP) is 1.71. The van der Waals surface area contributed by atoms with E-state index in [2.05, 4.69) is 36.8 Å². The standard InChI is InChI=1S/C13H21BrN4/c14-12-4-3-6-16-13(12)18-10-8-17(9-11-18)7-2-1-5-15/h3-4,6H,1-2,5,7-11,15H2. The van der Waals surface area contributed by atoms with Gasteiger partial charge in [-0.15, -0.1) is 0 Å². The van der Waals surface area contributed by atoms with Gasteiger partial charge in [-0.25, -0.2) is 4.98 Å². The average molecular weight is 313 g/mol. The van der Waals surface area contributed by atoms with Crippen molar-refractivity contribution < 1.29 is 0 Å². The summed E-state index contributed by atoms with van der Waals surface area (Å²) >= 11 is 3.57.